The second-order valence-electron chi connectivity index (χ2n) is 5.84. The van der Waals surface area contributed by atoms with Crippen molar-refractivity contribution in [2.75, 3.05) is 24.8 Å². The first-order chi connectivity index (χ1) is 13.3. The molecule has 140 valence electrons. The number of thioether (sulfide) groups is 1. The number of benzene rings is 2. The summed E-state index contributed by atoms with van der Waals surface area (Å²) in [7, 11) is 1.67. The van der Waals surface area contributed by atoms with Gasteiger partial charge in [0.25, 0.3) is 0 Å². The van der Waals surface area contributed by atoms with Crippen LogP contribution in [0.2, 0.25) is 0 Å². The number of carbonyl (C=O) groups is 1. The van der Waals surface area contributed by atoms with Crippen LogP contribution >= 0.6 is 23.1 Å². The molecular weight excluding hydrogens is 378 g/mol. The van der Waals surface area contributed by atoms with Crippen LogP contribution in [0.3, 0.4) is 0 Å². The molecule has 27 heavy (non-hydrogen) atoms. The quantitative estimate of drug-likeness (QED) is 0.327. The Morgan fingerprint density at radius 1 is 1.07 bits per heavy atom. The third-order valence-electron chi connectivity index (χ3n) is 3.96. The minimum atomic E-state index is -0.0719. The van der Waals surface area contributed by atoms with Crippen molar-refractivity contribution in [2.24, 2.45) is 0 Å². The van der Waals surface area contributed by atoms with Crippen LogP contribution in [0.25, 0.3) is 0 Å². The predicted molar refractivity (Wildman–Crippen MR) is 110 cm³/mol. The summed E-state index contributed by atoms with van der Waals surface area (Å²) in [5.41, 5.74) is 2.24. The van der Waals surface area contributed by atoms with Crippen LogP contribution in [-0.4, -0.2) is 35.6 Å². The van der Waals surface area contributed by atoms with Crippen molar-refractivity contribution in [3.63, 3.8) is 0 Å². The van der Waals surface area contributed by atoms with Crippen molar-refractivity contribution >= 4 is 34.1 Å². The van der Waals surface area contributed by atoms with Gasteiger partial charge in [-0.25, -0.2) is 0 Å². The standard InChI is InChI=1S/C20H21N3O2S2/c1-25-12-13-26-20-23-22-19(27-20)21-18(24)14-17(15-8-4-2-5-9-15)16-10-6-3-7-11-16/h2-11,17H,12-14H2,1H3,(H,21,22,24). The third kappa shape index (κ3) is 5.89. The Balaban J connectivity index is 1.66. The third-order valence-corrected chi connectivity index (χ3v) is 5.90. The van der Waals surface area contributed by atoms with Gasteiger partial charge in [0.1, 0.15) is 0 Å². The van der Waals surface area contributed by atoms with Gasteiger partial charge in [-0.2, -0.15) is 0 Å². The molecular formula is C20H21N3O2S2. The Kier molecular flexibility index (Phi) is 7.38. The van der Waals surface area contributed by atoms with Crippen molar-refractivity contribution in [3.05, 3.63) is 71.8 Å². The maximum absolute atomic E-state index is 12.6. The lowest BCUT2D eigenvalue weighted by Crippen LogP contribution is -2.16. The molecule has 0 saturated heterocycles. The van der Waals surface area contributed by atoms with Crippen molar-refractivity contribution in [1.82, 2.24) is 10.2 Å². The first-order valence-electron chi connectivity index (χ1n) is 8.61. The molecule has 0 unspecified atom stereocenters. The van der Waals surface area contributed by atoms with Crippen LogP contribution in [0.4, 0.5) is 5.13 Å². The van der Waals surface area contributed by atoms with E-state index in [-0.39, 0.29) is 11.8 Å². The van der Waals surface area contributed by atoms with Crippen molar-refractivity contribution in [1.29, 1.82) is 0 Å². The summed E-state index contributed by atoms with van der Waals surface area (Å²) in [6, 6.07) is 20.2. The Bertz CT molecular complexity index is 801. The number of aromatic nitrogens is 2. The van der Waals surface area contributed by atoms with Gasteiger partial charge in [-0.1, -0.05) is 83.8 Å². The fourth-order valence-corrected chi connectivity index (χ4v) is 4.42. The van der Waals surface area contributed by atoms with Crippen LogP contribution in [-0.2, 0) is 9.53 Å². The SMILES string of the molecule is COCCSc1nnc(NC(=O)CC(c2ccccc2)c2ccccc2)s1. The first kappa shape index (κ1) is 19.5. The van der Waals surface area contributed by atoms with E-state index in [2.05, 4.69) is 39.8 Å². The lowest BCUT2D eigenvalue weighted by Gasteiger charge is -2.17. The monoisotopic (exact) mass is 399 g/mol. The number of nitrogens with one attached hydrogen (secondary N) is 1. The number of hydrogen-bond acceptors (Lipinski definition) is 6. The molecule has 0 atom stereocenters. The smallest absolute Gasteiger partial charge is 0.227 e. The molecule has 2 aromatic carbocycles. The summed E-state index contributed by atoms with van der Waals surface area (Å²) in [6.07, 6.45) is 0.347. The van der Waals surface area contributed by atoms with Crippen LogP contribution in [0.15, 0.2) is 65.0 Å². The molecule has 0 radical (unpaired) electrons. The molecule has 0 aliphatic rings. The Morgan fingerprint density at radius 3 is 2.30 bits per heavy atom. The van der Waals surface area contributed by atoms with E-state index in [1.807, 2.05) is 36.4 Å². The number of hydrogen-bond donors (Lipinski definition) is 1. The Labute approximate surface area is 167 Å². The van der Waals surface area contributed by atoms with Crippen molar-refractivity contribution in [3.8, 4) is 0 Å². The van der Waals surface area contributed by atoms with Gasteiger partial charge in [0.15, 0.2) is 4.34 Å². The number of ether oxygens (including phenoxy) is 1. The molecule has 0 aliphatic carbocycles. The molecule has 3 aromatic rings. The maximum Gasteiger partial charge on any atom is 0.227 e. The normalized spacial score (nSPS) is 10.9. The molecule has 0 saturated carbocycles. The van der Waals surface area contributed by atoms with Crippen LogP contribution < -0.4 is 5.32 Å². The van der Waals surface area contributed by atoms with E-state index in [0.717, 1.165) is 21.2 Å². The first-order valence-corrected chi connectivity index (χ1v) is 10.4. The molecule has 1 heterocycles. The summed E-state index contributed by atoms with van der Waals surface area (Å²) < 4.78 is 5.85. The molecule has 0 fully saturated rings. The zero-order chi connectivity index (χ0) is 18.9. The van der Waals surface area contributed by atoms with Gasteiger partial charge in [-0.15, -0.1) is 10.2 Å². The van der Waals surface area contributed by atoms with Crippen molar-refractivity contribution < 1.29 is 9.53 Å². The van der Waals surface area contributed by atoms with Crippen molar-refractivity contribution in [2.45, 2.75) is 16.7 Å². The summed E-state index contributed by atoms with van der Waals surface area (Å²) >= 11 is 2.95. The minimum Gasteiger partial charge on any atom is -0.384 e. The molecule has 0 aliphatic heterocycles. The van der Waals surface area contributed by atoms with Crippen LogP contribution in [0, 0.1) is 0 Å². The highest BCUT2D eigenvalue weighted by Crippen LogP contribution is 2.29. The average Bonchev–Trinajstić information content (AvgIpc) is 3.15. The van der Waals surface area contributed by atoms with Gasteiger partial charge in [0.2, 0.25) is 11.0 Å². The largest absolute Gasteiger partial charge is 0.384 e. The minimum absolute atomic E-state index is 0.00382. The fourth-order valence-electron chi connectivity index (χ4n) is 2.69. The number of carbonyl (C=O) groups excluding carboxylic acids is 1. The van der Waals surface area contributed by atoms with E-state index in [4.69, 9.17) is 4.74 Å². The zero-order valence-corrected chi connectivity index (χ0v) is 16.6. The molecule has 1 N–H and O–H groups in total. The van der Waals surface area contributed by atoms with Gasteiger partial charge in [-0.05, 0) is 11.1 Å². The van der Waals surface area contributed by atoms with E-state index < -0.39 is 0 Å². The number of anilines is 1. The fraction of sp³-hybridized carbons (Fsp3) is 0.250. The van der Waals surface area contributed by atoms with Gasteiger partial charge < -0.3 is 10.1 Å². The van der Waals surface area contributed by atoms with E-state index in [9.17, 15) is 4.79 Å². The summed E-state index contributed by atoms with van der Waals surface area (Å²) in [5.74, 6) is 0.733. The van der Waals surface area contributed by atoms with Gasteiger partial charge in [-0.3, -0.25) is 4.79 Å². The average molecular weight is 400 g/mol. The second kappa shape index (κ2) is 10.2. The van der Waals surface area contributed by atoms with Gasteiger partial charge in [0, 0.05) is 25.2 Å². The van der Waals surface area contributed by atoms with E-state index in [1.54, 1.807) is 18.9 Å². The summed E-state index contributed by atoms with van der Waals surface area (Å²) in [4.78, 5) is 12.6. The van der Waals surface area contributed by atoms with Gasteiger partial charge >= 0.3 is 0 Å². The Morgan fingerprint density at radius 2 is 1.70 bits per heavy atom. The van der Waals surface area contributed by atoms with Gasteiger partial charge in [0.05, 0.1) is 6.61 Å². The lowest BCUT2D eigenvalue weighted by molar-refractivity contribution is -0.116. The summed E-state index contributed by atoms with van der Waals surface area (Å²) in [6.45, 7) is 0.655. The topological polar surface area (TPSA) is 64.1 Å². The van der Waals surface area contributed by atoms with E-state index >= 15 is 0 Å². The van der Waals surface area contributed by atoms with Crippen LogP contribution in [0.5, 0.6) is 0 Å². The van der Waals surface area contributed by atoms with E-state index in [0.29, 0.717) is 18.2 Å². The highest BCUT2D eigenvalue weighted by Gasteiger charge is 2.19. The zero-order valence-electron chi connectivity index (χ0n) is 15.0. The second-order valence-corrected chi connectivity index (χ2v) is 8.16. The summed E-state index contributed by atoms with van der Waals surface area (Å²) in [5, 5.41) is 11.6. The molecule has 1 amide bonds. The number of nitrogens with zero attached hydrogens (tertiary/aromatic N) is 2. The lowest BCUT2D eigenvalue weighted by atomic mass is 9.88. The van der Waals surface area contributed by atoms with E-state index in [1.165, 1.54) is 11.3 Å². The molecule has 0 spiro atoms. The Hall–Kier alpha value is -2.22. The molecule has 5 nitrogen and oxygen atoms in total. The van der Waals surface area contributed by atoms with Crippen LogP contribution in [0.1, 0.15) is 23.5 Å². The highest BCUT2D eigenvalue weighted by molar-refractivity contribution is 8.01. The highest BCUT2D eigenvalue weighted by atomic mass is 32.2. The number of methoxy groups -OCH3 is 1. The maximum atomic E-state index is 12.6. The predicted octanol–water partition coefficient (Wildman–Crippen LogP) is 4.44. The molecule has 7 heteroatoms. The number of amides is 1. The molecule has 3 rings (SSSR count). The number of rotatable bonds is 9. The molecule has 1 aromatic heterocycles. The molecule has 0 bridgehead atoms.